The Bertz CT molecular complexity index is 588. The van der Waals surface area contributed by atoms with Crippen LogP contribution in [0.3, 0.4) is 0 Å². The van der Waals surface area contributed by atoms with Crippen LogP contribution in [0.25, 0.3) is 5.82 Å². The number of carbonyl (C=O) groups is 1. The van der Waals surface area contributed by atoms with Gasteiger partial charge >= 0.3 is 0 Å². The largest absolute Gasteiger partial charge is 0.396 e. The minimum atomic E-state index is -0.590. The Hall–Kier alpha value is -2.37. The Morgan fingerprint density at radius 3 is 2.59 bits per heavy atom. The molecule has 0 radical (unpaired) electrons. The highest BCUT2D eigenvalue weighted by atomic mass is 16.1. The minimum Gasteiger partial charge on any atom is -0.396 e. The van der Waals surface area contributed by atoms with E-state index in [1.165, 1.54) is 6.07 Å². The summed E-state index contributed by atoms with van der Waals surface area (Å²) in [5.74, 6) is -0.167. The van der Waals surface area contributed by atoms with Crippen LogP contribution in [0, 0.1) is 13.8 Å². The average molecular weight is 231 g/mol. The fourth-order valence-corrected chi connectivity index (χ4v) is 1.61. The molecule has 6 heteroatoms. The van der Waals surface area contributed by atoms with Gasteiger partial charge in [-0.15, -0.1) is 0 Å². The normalized spacial score (nSPS) is 10.5. The van der Waals surface area contributed by atoms with E-state index in [1.54, 1.807) is 10.7 Å². The number of aryl methyl sites for hydroxylation is 2. The zero-order chi connectivity index (χ0) is 12.6. The van der Waals surface area contributed by atoms with Gasteiger partial charge in [0.25, 0.3) is 5.91 Å². The summed E-state index contributed by atoms with van der Waals surface area (Å²) in [5.41, 5.74) is 13.4. The molecule has 0 saturated heterocycles. The van der Waals surface area contributed by atoms with Crippen molar-refractivity contribution in [2.75, 3.05) is 5.73 Å². The molecule has 0 bridgehead atoms. The molecule has 6 nitrogen and oxygen atoms in total. The lowest BCUT2D eigenvalue weighted by Crippen LogP contribution is -2.16. The summed E-state index contributed by atoms with van der Waals surface area (Å²) in [6, 6.07) is 4.99. The molecule has 0 aliphatic rings. The molecule has 88 valence electrons. The molecule has 0 aliphatic carbocycles. The molecule has 2 aromatic rings. The van der Waals surface area contributed by atoms with Gasteiger partial charge in [0.2, 0.25) is 0 Å². The SMILES string of the molecule is Cc1cc(C)n(-c2nc(C(N)=O)ccc2N)n1. The number of hydrogen-bond acceptors (Lipinski definition) is 4. The first kappa shape index (κ1) is 11.1. The van der Waals surface area contributed by atoms with E-state index in [9.17, 15) is 4.79 Å². The zero-order valence-corrected chi connectivity index (χ0v) is 9.64. The molecule has 17 heavy (non-hydrogen) atoms. The second-order valence-electron chi connectivity index (χ2n) is 3.81. The highest BCUT2D eigenvalue weighted by Gasteiger charge is 2.11. The highest BCUT2D eigenvalue weighted by Crippen LogP contribution is 2.17. The van der Waals surface area contributed by atoms with Gasteiger partial charge in [-0.05, 0) is 32.0 Å². The number of nitrogen functional groups attached to an aromatic ring is 1. The lowest BCUT2D eigenvalue weighted by atomic mass is 10.3. The van der Waals surface area contributed by atoms with E-state index in [0.29, 0.717) is 11.5 Å². The smallest absolute Gasteiger partial charge is 0.267 e. The number of pyridine rings is 1. The summed E-state index contributed by atoms with van der Waals surface area (Å²) in [6.45, 7) is 3.76. The van der Waals surface area contributed by atoms with Crippen LogP contribution in [0.1, 0.15) is 21.9 Å². The maximum Gasteiger partial charge on any atom is 0.267 e. The third-order valence-corrected chi connectivity index (χ3v) is 2.37. The molecule has 0 atom stereocenters. The molecule has 0 unspecified atom stereocenters. The van der Waals surface area contributed by atoms with E-state index >= 15 is 0 Å². The second kappa shape index (κ2) is 3.89. The van der Waals surface area contributed by atoms with Gasteiger partial charge in [0.05, 0.1) is 11.4 Å². The van der Waals surface area contributed by atoms with Crippen LogP contribution in [0.15, 0.2) is 18.2 Å². The fraction of sp³-hybridized carbons (Fsp3) is 0.182. The number of primary amides is 1. The predicted molar refractivity (Wildman–Crippen MR) is 63.8 cm³/mol. The monoisotopic (exact) mass is 231 g/mol. The molecule has 0 aliphatic heterocycles. The summed E-state index contributed by atoms with van der Waals surface area (Å²) in [4.78, 5) is 15.2. The maximum absolute atomic E-state index is 11.1. The molecular weight excluding hydrogens is 218 g/mol. The highest BCUT2D eigenvalue weighted by molar-refractivity contribution is 5.91. The Morgan fingerprint density at radius 2 is 2.06 bits per heavy atom. The summed E-state index contributed by atoms with van der Waals surface area (Å²) >= 11 is 0. The average Bonchev–Trinajstić information content (AvgIpc) is 2.58. The van der Waals surface area contributed by atoms with E-state index in [2.05, 4.69) is 10.1 Å². The van der Waals surface area contributed by atoms with Gasteiger partial charge in [0.1, 0.15) is 5.69 Å². The molecule has 0 aromatic carbocycles. The van der Waals surface area contributed by atoms with Crippen LogP contribution in [-0.2, 0) is 0 Å². The van der Waals surface area contributed by atoms with Gasteiger partial charge < -0.3 is 11.5 Å². The van der Waals surface area contributed by atoms with Crippen molar-refractivity contribution in [1.29, 1.82) is 0 Å². The lowest BCUT2D eigenvalue weighted by molar-refractivity contribution is 0.0995. The Morgan fingerprint density at radius 1 is 1.35 bits per heavy atom. The van der Waals surface area contributed by atoms with Gasteiger partial charge in [0, 0.05) is 5.69 Å². The molecular formula is C11H13N5O. The minimum absolute atomic E-state index is 0.168. The zero-order valence-electron chi connectivity index (χ0n) is 9.64. The van der Waals surface area contributed by atoms with Crippen LogP contribution in [0.2, 0.25) is 0 Å². The van der Waals surface area contributed by atoms with Crippen LogP contribution < -0.4 is 11.5 Å². The van der Waals surface area contributed by atoms with Gasteiger partial charge in [-0.1, -0.05) is 0 Å². The van der Waals surface area contributed by atoms with Crippen molar-refractivity contribution in [3.05, 3.63) is 35.3 Å². The van der Waals surface area contributed by atoms with Crippen molar-refractivity contribution in [2.24, 2.45) is 5.73 Å². The topological polar surface area (TPSA) is 99.8 Å². The Kier molecular flexibility index (Phi) is 2.55. The summed E-state index contributed by atoms with van der Waals surface area (Å²) in [6.07, 6.45) is 0. The fourth-order valence-electron chi connectivity index (χ4n) is 1.61. The predicted octanol–water partition coefficient (Wildman–Crippen LogP) is 0.565. The molecule has 0 spiro atoms. The quantitative estimate of drug-likeness (QED) is 0.788. The van der Waals surface area contributed by atoms with Crippen LogP contribution in [0.4, 0.5) is 5.69 Å². The van der Waals surface area contributed by atoms with Gasteiger partial charge in [0.15, 0.2) is 5.82 Å². The van der Waals surface area contributed by atoms with E-state index in [-0.39, 0.29) is 5.69 Å². The number of anilines is 1. The standard InChI is InChI=1S/C11H13N5O/c1-6-5-7(2)16(15-6)11-8(12)3-4-9(14-11)10(13)17/h3-5H,12H2,1-2H3,(H2,13,17). The molecule has 2 heterocycles. The number of aromatic nitrogens is 3. The molecule has 2 aromatic heterocycles. The molecule has 0 fully saturated rings. The Balaban J connectivity index is 2.62. The Labute approximate surface area is 98.3 Å². The number of nitrogens with zero attached hydrogens (tertiary/aromatic N) is 3. The molecule has 1 amide bonds. The summed E-state index contributed by atoms with van der Waals surface area (Å²) < 4.78 is 1.59. The number of carbonyl (C=O) groups excluding carboxylic acids is 1. The van der Waals surface area contributed by atoms with E-state index in [1.807, 2.05) is 19.9 Å². The first-order valence-corrected chi connectivity index (χ1v) is 5.09. The van der Waals surface area contributed by atoms with Crippen molar-refractivity contribution in [2.45, 2.75) is 13.8 Å². The number of nitrogens with two attached hydrogens (primary N) is 2. The van der Waals surface area contributed by atoms with E-state index in [4.69, 9.17) is 11.5 Å². The summed E-state index contributed by atoms with van der Waals surface area (Å²) in [5, 5.41) is 4.26. The first-order chi connectivity index (χ1) is 7.99. The lowest BCUT2D eigenvalue weighted by Gasteiger charge is -2.07. The molecule has 4 N–H and O–H groups in total. The van der Waals surface area contributed by atoms with E-state index < -0.39 is 5.91 Å². The number of hydrogen-bond donors (Lipinski definition) is 2. The second-order valence-corrected chi connectivity index (χ2v) is 3.81. The van der Waals surface area contributed by atoms with Gasteiger partial charge in [-0.25, -0.2) is 9.67 Å². The van der Waals surface area contributed by atoms with Gasteiger partial charge in [-0.2, -0.15) is 5.10 Å². The molecule has 2 rings (SSSR count). The van der Waals surface area contributed by atoms with E-state index in [0.717, 1.165) is 11.4 Å². The van der Waals surface area contributed by atoms with Crippen LogP contribution >= 0.6 is 0 Å². The van der Waals surface area contributed by atoms with Gasteiger partial charge in [-0.3, -0.25) is 4.79 Å². The van der Waals surface area contributed by atoms with Crippen LogP contribution in [-0.4, -0.2) is 20.7 Å². The third kappa shape index (κ3) is 1.96. The maximum atomic E-state index is 11.1. The number of amides is 1. The first-order valence-electron chi connectivity index (χ1n) is 5.09. The van der Waals surface area contributed by atoms with Crippen molar-refractivity contribution in [3.63, 3.8) is 0 Å². The third-order valence-electron chi connectivity index (χ3n) is 2.37. The van der Waals surface area contributed by atoms with Crippen molar-refractivity contribution >= 4 is 11.6 Å². The van der Waals surface area contributed by atoms with Crippen molar-refractivity contribution < 1.29 is 4.79 Å². The molecule has 0 saturated carbocycles. The van der Waals surface area contributed by atoms with Crippen molar-refractivity contribution in [1.82, 2.24) is 14.8 Å². The van der Waals surface area contributed by atoms with Crippen LogP contribution in [0.5, 0.6) is 0 Å². The number of rotatable bonds is 2. The summed E-state index contributed by atoms with van der Waals surface area (Å²) in [7, 11) is 0. The van der Waals surface area contributed by atoms with Crippen molar-refractivity contribution in [3.8, 4) is 5.82 Å².